The zero-order valence-electron chi connectivity index (χ0n) is 13.0. The molecule has 0 radical (unpaired) electrons. The summed E-state index contributed by atoms with van der Waals surface area (Å²) in [6.45, 7) is 5.49. The van der Waals surface area contributed by atoms with Crippen molar-refractivity contribution < 1.29 is 14.3 Å². The second-order valence-corrected chi connectivity index (χ2v) is 5.06. The minimum atomic E-state index is -0.232. The Hall–Kier alpha value is -1.88. The molecule has 0 aliphatic carbocycles. The van der Waals surface area contributed by atoms with Crippen LogP contribution in [0.15, 0.2) is 24.3 Å². The third-order valence-corrected chi connectivity index (χ3v) is 3.03. The smallest absolute Gasteiger partial charge is 0.307 e. The number of hydrogen-bond acceptors (Lipinski definition) is 4. The summed E-state index contributed by atoms with van der Waals surface area (Å²) in [6, 6.07) is 8.04. The molecular weight excluding hydrogens is 268 g/mol. The quantitative estimate of drug-likeness (QED) is 0.738. The lowest BCUT2D eigenvalue weighted by atomic mass is 10.1. The molecule has 0 heterocycles. The Bertz CT molecular complexity index is 457. The van der Waals surface area contributed by atoms with Crippen molar-refractivity contribution in [3.63, 3.8) is 0 Å². The van der Waals surface area contributed by atoms with Crippen molar-refractivity contribution in [1.82, 2.24) is 10.2 Å². The van der Waals surface area contributed by atoms with Crippen molar-refractivity contribution in [1.29, 1.82) is 0 Å². The van der Waals surface area contributed by atoms with Crippen molar-refractivity contribution in [3.8, 4) is 0 Å². The molecule has 0 saturated carbocycles. The van der Waals surface area contributed by atoms with Crippen LogP contribution in [0.25, 0.3) is 0 Å². The molecule has 0 bridgehead atoms. The second-order valence-electron chi connectivity index (χ2n) is 5.06. The van der Waals surface area contributed by atoms with Crippen molar-refractivity contribution in [2.45, 2.75) is 26.8 Å². The fourth-order valence-corrected chi connectivity index (χ4v) is 1.80. The number of amides is 1. The number of rotatable bonds is 8. The van der Waals surface area contributed by atoms with Gasteiger partial charge in [0.1, 0.15) is 0 Å². The zero-order valence-corrected chi connectivity index (χ0v) is 13.0. The fraction of sp³-hybridized carbons (Fsp3) is 0.500. The third kappa shape index (κ3) is 7.46. The molecule has 0 atom stereocenters. The number of nitrogens with one attached hydrogen (secondary N) is 1. The Kier molecular flexibility index (Phi) is 7.46. The molecule has 0 saturated heterocycles. The summed E-state index contributed by atoms with van der Waals surface area (Å²) in [5, 5.41) is 2.87. The van der Waals surface area contributed by atoms with E-state index < -0.39 is 0 Å². The van der Waals surface area contributed by atoms with E-state index in [1.807, 2.05) is 38.2 Å². The summed E-state index contributed by atoms with van der Waals surface area (Å²) in [5.74, 6) is -0.286. The molecule has 0 fully saturated rings. The molecule has 1 amide bonds. The molecule has 1 aromatic carbocycles. The van der Waals surface area contributed by atoms with E-state index in [1.165, 1.54) is 5.56 Å². The van der Waals surface area contributed by atoms with Gasteiger partial charge in [0.25, 0.3) is 0 Å². The van der Waals surface area contributed by atoms with Crippen LogP contribution < -0.4 is 5.32 Å². The zero-order chi connectivity index (χ0) is 15.7. The molecule has 1 N–H and O–H groups in total. The maximum Gasteiger partial charge on any atom is 0.307 e. The molecule has 116 valence electrons. The number of aryl methyl sites for hydroxylation is 1. The first-order valence-electron chi connectivity index (χ1n) is 7.17. The normalized spacial score (nSPS) is 10.5. The summed E-state index contributed by atoms with van der Waals surface area (Å²) >= 11 is 0. The number of esters is 1. The number of carbonyl (C=O) groups excluding carboxylic acids is 2. The first-order chi connectivity index (χ1) is 10.0. The highest BCUT2D eigenvalue weighted by Gasteiger charge is 2.09. The number of nitrogens with zero attached hydrogens (tertiary/aromatic N) is 1. The van der Waals surface area contributed by atoms with Crippen LogP contribution >= 0.6 is 0 Å². The molecule has 5 heteroatoms. The summed E-state index contributed by atoms with van der Waals surface area (Å²) < 4.78 is 4.85. The van der Waals surface area contributed by atoms with Crippen LogP contribution in [0.4, 0.5) is 0 Å². The summed E-state index contributed by atoms with van der Waals surface area (Å²) in [4.78, 5) is 24.8. The molecule has 0 unspecified atom stereocenters. The molecular formula is C16H24N2O3. The molecule has 5 nitrogen and oxygen atoms in total. The van der Waals surface area contributed by atoms with Gasteiger partial charge in [-0.25, -0.2) is 0 Å². The summed E-state index contributed by atoms with van der Waals surface area (Å²) in [6.07, 6.45) is 0.301. The second kappa shape index (κ2) is 9.13. The number of carbonyl (C=O) groups is 2. The Morgan fingerprint density at radius 1 is 1.24 bits per heavy atom. The van der Waals surface area contributed by atoms with Crippen molar-refractivity contribution >= 4 is 11.9 Å². The highest BCUT2D eigenvalue weighted by atomic mass is 16.5. The molecule has 0 aromatic heterocycles. The van der Waals surface area contributed by atoms with Crippen molar-refractivity contribution in [2.75, 3.05) is 26.7 Å². The van der Waals surface area contributed by atoms with Crippen LogP contribution in [-0.2, 0) is 20.9 Å². The van der Waals surface area contributed by atoms with Crippen LogP contribution in [0.1, 0.15) is 24.5 Å². The molecule has 1 aromatic rings. The number of ether oxygens (including phenoxy) is 1. The van der Waals surface area contributed by atoms with E-state index in [-0.39, 0.29) is 18.4 Å². The van der Waals surface area contributed by atoms with Crippen LogP contribution in [-0.4, -0.2) is 43.5 Å². The van der Waals surface area contributed by atoms with E-state index in [9.17, 15) is 9.59 Å². The standard InChI is InChI=1S/C16H24N2O3/c1-4-21-16(20)9-10-18(3)12-15(19)17-11-14-7-5-13(2)6-8-14/h5-8H,4,9-12H2,1-3H3,(H,17,19). The van der Waals surface area contributed by atoms with Gasteiger partial charge in [-0.05, 0) is 26.5 Å². The van der Waals surface area contributed by atoms with Gasteiger partial charge in [0.05, 0.1) is 19.6 Å². The Balaban J connectivity index is 2.23. The number of hydrogen-bond donors (Lipinski definition) is 1. The molecule has 1 rings (SSSR count). The lowest BCUT2D eigenvalue weighted by Crippen LogP contribution is -2.35. The first kappa shape index (κ1) is 17.2. The average Bonchev–Trinajstić information content (AvgIpc) is 2.45. The highest BCUT2D eigenvalue weighted by Crippen LogP contribution is 2.02. The monoisotopic (exact) mass is 292 g/mol. The average molecular weight is 292 g/mol. The van der Waals surface area contributed by atoms with Crippen LogP contribution in [0.3, 0.4) is 0 Å². The fourth-order valence-electron chi connectivity index (χ4n) is 1.80. The topological polar surface area (TPSA) is 58.6 Å². The van der Waals surface area contributed by atoms with Gasteiger partial charge >= 0.3 is 5.97 Å². The molecule has 0 spiro atoms. The lowest BCUT2D eigenvalue weighted by Gasteiger charge is -2.15. The van der Waals surface area contributed by atoms with Crippen LogP contribution in [0.2, 0.25) is 0 Å². The summed E-state index contributed by atoms with van der Waals surface area (Å²) in [5.41, 5.74) is 2.27. The Labute approximate surface area is 126 Å². The van der Waals surface area contributed by atoms with Crippen LogP contribution in [0.5, 0.6) is 0 Å². The van der Waals surface area contributed by atoms with Crippen molar-refractivity contribution in [2.24, 2.45) is 0 Å². The van der Waals surface area contributed by atoms with Crippen molar-refractivity contribution in [3.05, 3.63) is 35.4 Å². The largest absolute Gasteiger partial charge is 0.466 e. The third-order valence-electron chi connectivity index (χ3n) is 3.03. The van der Waals surface area contributed by atoms with Gasteiger partial charge in [-0.1, -0.05) is 29.8 Å². The van der Waals surface area contributed by atoms with Gasteiger partial charge < -0.3 is 10.1 Å². The summed E-state index contributed by atoms with van der Waals surface area (Å²) in [7, 11) is 1.81. The predicted octanol–water partition coefficient (Wildman–Crippen LogP) is 1.50. The van der Waals surface area contributed by atoms with E-state index >= 15 is 0 Å². The first-order valence-corrected chi connectivity index (χ1v) is 7.17. The SMILES string of the molecule is CCOC(=O)CCN(C)CC(=O)NCc1ccc(C)cc1. The van der Waals surface area contributed by atoms with Gasteiger partial charge in [0.2, 0.25) is 5.91 Å². The van der Waals surface area contributed by atoms with E-state index in [0.29, 0.717) is 26.1 Å². The number of benzene rings is 1. The van der Waals surface area contributed by atoms with Crippen LogP contribution in [0, 0.1) is 6.92 Å². The van der Waals surface area contributed by atoms with Gasteiger partial charge in [0, 0.05) is 13.1 Å². The van der Waals surface area contributed by atoms with E-state index in [1.54, 1.807) is 11.8 Å². The van der Waals surface area contributed by atoms with E-state index in [2.05, 4.69) is 5.32 Å². The Morgan fingerprint density at radius 2 is 1.90 bits per heavy atom. The predicted molar refractivity (Wildman–Crippen MR) is 81.8 cm³/mol. The highest BCUT2D eigenvalue weighted by molar-refractivity contribution is 5.78. The minimum absolute atomic E-state index is 0.0538. The van der Waals surface area contributed by atoms with Gasteiger partial charge in [-0.15, -0.1) is 0 Å². The maximum atomic E-state index is 11.8. The number of likely N-dealkylation sites (N-methyl/N-ethyl adjacent to an activating group) is 1. The minimum Gasteiger partial charge on any atom is -0.466 e. The van der Waals surface area contributed by atoms with Gasteiger partial charge in [-0.3, -0.25) is 14.5 Å². The van der Waals surface area contributed by atoms with Gasteiger partial charge in [0.15, 0.2) is 0 Å². The molecule has 21 heavy (non-hydrogen) atoms. The van der Waals surface area contributed by atoms with E-state index in [4.69, 9.17) is 4.74 Å². The Morgan fingerprint density at radius 3 is 2.52 bits per heavy atom. The molecule has 0 aliphatic heterocycles. The van der Waals surface area contributed by atoms with E-state index in [0.717, 1.165) is 5.56 Å². The molecule has 0 aliphatic rings. The van der Waals surface area contributed by atoms with Gasteiger partial charge in [-0.2, -0.15) is 0 Å². The lowest BCUT2D eigenvalue weighted by molar-refractivity contribution is -0.143. The maximum absolute atomic E-state index is 11.8.